The van der Waals surface area contributed by atoms with Gasteiger partial charge in [-0.3, -0.25) is 4.79 Å². The lowest BCUT2D eigenvalue weighted by Crippen LogP contribution is -2.29. The van der Waals surface area contributed by atoms with Gasteiger partial charge >= 0.3 is 6.09 Å². The molecule has 1 aliphatic rings. The molecule has 23 heavy (non-hydrogen) atoms. The van der Waals surface area contributed by atoms with Gasteiger partial charge in [-0.1, -0.05) is 22.9 Å². The van der Waals surface area contributed by atoms with Gasteiger partial charge in [0.15, 0.2) is 5.78 Å². The Labute approximate surface area is 143 Å². The number of fused-ring (bicyclic) bond motifs is 3. The summed E-state index contributed by atoms with van der Waals surface area (Å²) < 4.78 is 8.01. The summed E-state index contributed by atoms with van der Waals surface area (Å²) in [5, 5.41) is 0.816. The van der Waals surface area contributed by atoms with Gasteiger partial charge in [0.2, 0.25) is 0 Å². The van der Waals surface area contributed by atoms with E-state index in [4.69, 9.17) is 4.74 Å². The second kappa shape index (κ2) is 5.48. The van der Waals surface area contributed by atoms with Crippen molar-refractivity contribution in [2.24, 2.45) is 5.92 Å². The van der Waals surface area contributed by atoms with E-state index >= 15 is 0 Å². The number of carbonyl (C=O) groups excluding carboxylic acids is 2. The molecule has 4 nitrogen and oxygen atoms in total. The number of hydrogen-bond donors (Lipinski definition) is 0. The number of ether oxygens (including phenoxy) is 1. The van der Waals surface area contributed by atoms with Gasteiger partial charge in [-0.15, -0.1) is 0 Å². The number of ketones is 1. The first-order valence-electron chi connectivity index (χ1n) is 7.79. The maximum Gasteiger partial charge on any atom is 0.419 e. The number of benzene rings is 1. The van der Waals surface area contributed by atoms with Gasteiger partial charge < -0.3 is 4.74 Å². The first-order valence-corrected chi connectivity index (χ1v) is 8.59. The molecule has 1 unspecified atom stereocenters. The summed E-state index contributed by atoms with van der Waals surface area (Å²) in [5.41, 5.74) is 1.60. The highest BCUT2D eigenvalue weighted by Crippen LogP contribution is 2.36. The van der Waals surface area contributed by atoms with Crippen molar-refractivity contribution in [3.8, 4) is 0 Å². The molecule has 122 valence electrons. The fourth-order valence-electron chi connectivity index (χ4n) is 3.07. The van der Waals surface area contributed by atoms with Crippen LogP contribution >= 0.6 is 15.9 Å². The van der Waals surface area contributed by atoms with E-state index in [1.54, 1.807) is 4.57 Å². The molecule has 0 amide bonds. The number of nitrogens with zero attached hydrogens (tertiary/aromatic N) is 1. The van der Waals surface area contributed by atoms with Crippen LogP contribution in [0.1, 0.15) is 50.2 Å². The number of Topliss-reactive ketones (excluding diaryl/α,β-unsaturated/α-hetero) is 1. The van der Waals surface area contributed by atoms with Crippen LogP contribution in [0, 0.1) is 5.92 Å². The quantitative estimate of drug-likeness (QED) is 0.652. The van der Waals surface area contributed by atoms with E-state index < -0.39 is 11.7 Å². The van der Waals surface area contributed by atoms with E-state index in [0.717, 1.165) is 27.5 Å². The summed E-state index contributed by atoms with van der Waals surface area (Å²) in [4.78, 5) is 25.4. The Morgan fingerprint density at radius 1 is 1.35 bits per heavy atom. The molecule has 2 aromatic rings. The first-order chi connectivity index (χ1) is 10.7. The molecule has 0 saturated heterocycles. The lowest BCUT2D eigenvalue weighted by molar-refractivity contribution is 0.0539. The molecule has 1 aliphatic carbocycles. The topological polar surface area (TPSA) is 48.3 Å². The molecule has 3 rings (SSSR count). The average molecular weight is 378 g/mol. The molecule has 0 N–H and O–H groups in total. The van der Waals surface area contributed by atoms with Gasteiger partial charge in [-0.05, 0) is 51.8 Å². The van der Waals surface area contributed by atoms with E-state index in [1.807, 2.05) is 45.9 Å². The fraction of sp³-hybridized carbons (Fsp3) is 0.444. The summed E-state index contributed by atoms with van der Waals surface area (Å²) in [6, 6.07) is 5.65. The van der Waals surface area contributed by atoms with Crippen LogP contribution in [0.2, 0.25) is 0 Å². The van der Waals surface area contributed by atoms with E-state index in [9.17, 15) is 9.59 Å². The van der Waals surface area contributed by atoms with Gasteiger partial charge in [-0.2, -0.15) is 0 Å². The largest absolute Gasteiger partial charge is 0.443 e. The maximum atomic E-state index is 12.7. The minimum atomic E-state index is -0.581. The molecule has 0 aliphatic heterocycles. The molecule has 1 atom stereocenters. The Kier molecular flexibility index (Phi) is 3.87. The molecular weight excluding hydrogens is 358 g/mol. The van der Waals surface area contributed by atoms with Crippen molar-refractivity contribution in [1.29, 1.82) is 0 Å². The molecule has 0 radical (unpaired) electrons. The van der Waals surface area contributed by atoms with E-state index in [0.29, 0.717) is 12.0 Å². The van der Waals surface area contributed by atoms with E-state index in [-0.39, 0.29) is 11.7 Å². The van der Waals surface area contributed by atoms with Gasteiger partial charge in [0.25, 0.3) is 0 Å². The monoisotopic (exact) mass is 377 g/mol. The molecule has 0 bridgehead atoms. The van der Waals surface area contributed by atoms with Crippen molar-refractivity contribution in [2.45, 2.75) is 46.1 Å². The second-order valence-corrected chi connectivity index (χ2v) is 8.02. The maximum absolute atomic E-state index is 12.7. The van der Waals surface area contributed by atoms with Crippen molar-refractivity contribution in [2.75, 3.05) is 0 Å². The van der Waals surface area contributed by atoms with E-state index in [2.05, 4.69) is 15.9 Å². The summed E-state index contributed by atoms with van der Waals surface area (Å²) in [6.45, 7) is 7.46. The van der Waals surface area contributed by atoms with E-state index in [1.165, 1.54) is 0 Å². The van der Waals surface area contributed by atoms with Gasteiger partial charge in [0.1, 0.15) is 5.60 Å². The molecular formula is C18H20BrNO3. The standard InChI is InChI=1S/C18H20BrNO3/c1-10-5-7-14-15(16(10)21)12-9-11(19)6-8-13(12)20(14)17(22)23-18(2,3)4/h6,8-10H,5,7H2,1-4H3. The van der Waals surface area contributed by atoms with Crippen molar-refractivity contribution in [3.05, 3.63) is 33.9 Å². The summed E-state index contributed by atoms with van der Waals surface area (Å²) in [7, 11) is 0. The van der Waals surface area contributed by atoms with Crippen LogP contribution < -0.4 is 0 Å². The van der Waals surface area contributed by atoms with Crippen molar-refractivity contribution in [3.63, 3.8) is 0 Å². The van der Waals surface area contributed by atoms with Gasteiger partial charge in [-0.25, -0.2) is 9.36 Å². The minimum Gasteiger partial charge on any atom is -0.443 e. The van der Waals surface area contributed by atoms with Crippen LogP contribution in [0.4, 0.5) is 4.79 Å². The molecule has 0 saturated carbocycles. The van der Waals surface area contributed by atoms with Crippen LogP contribution in [0.3, 0.4) is 0 Å². The van der Waals surface area contributed by atoms with Crippen LogP contribution in [0.25, 0.3) is 10.9 Å². The molecule has 0 spiro atoms. The molecule has 1 aromatic carbocycles. The third-order valence-electron chi connectivity index (χ3n) is 4.11. The Morgan fingerprint density at radius 3 is 2.70 bits per heavy atom. The fourth-order valence-corrected chi connectivity index (χ4v) is 3.44. The predicted molar refractivity (Wildman–Crippen MR) is 93.1 cm³/mol. The lowest BCUT2D eigenvalue weighted by atomic mass is 9.86. The Bertz CT molecular complexity index is 814. The SMILES string of the molecule is CC1CCc2c(c3cc(Br)ccc3n2C(=O)OC(C)(C)C)C1=O. The molecule has 1 heterocycles. The zero-order chi connectivity index (χ0) is 16.9. The number of carbonyl (C=O) groups is 2. The Morgan fingerprint density at radius 2 is 2.04 bits per heavy atom. The molecule has 0 fully saturated rings. The molecule has 1 aromatic heterocycles. The van der Waals surface area contributed by atoms with Gasteiger partial charge in [0.05, 0.1) is 5.52 Å². The third-order valence-corrected chi connectivity index (χ3v) is 4.60. The van der Waals surface area contributed by atoms with Crippen molar-refractivity contribution < 1.29 is 14.3 Å². The van der Waals surface area contributed by atoms with Gasteiger partial charge in [0, 0.05) is 27.0 Å². The zero-order valence-corrected chi connectivity index (χ0v) is 15.4. The van der Waals surface area contributed by atoms with Crippen LogP contribution in [-0.4, -0.2) is 22.0 Å². The molecule has 5 heteroatoms. The van der Waals surface area contributed by atoms with Crippen LogP contribution in [-0.2, 0) is 11.2 Å². The first kappa shape index (κ1) is 16.2. The zero-order valence-electron chi connectivity index (χ0n) is 13.8. The number of aromatic nitrogens is 1. The Hall–Kier alpha value is -1.62. The highest BCUT2D eigenvalue weighted by molar-refractivity contribution is 9.10. The summed E-state index contributed by atoms with van der Waals surface area (Å²) in [5.74, 6) is 0.0934. The highest BCUT2D eigenvalue weighted by atomic mass is 79.9. The number of hydrogen-bond acceptors (Lipinski definition) is 3. The number of halogens is 1. The van der Waals surface area contributed by atoms with Crippen LogP contribution in [0.5, 0.6) is 0 Å². The highest BCUT2D eigenvalue weighted by Gasteiger charge is 2.33. The summed E-state index contributed by atoms with van der Waals surface area (Å²) >= 11 is 3.45. The van der Waals surface area contributed by atoms with Crippen molar-refractivity contribution in [1.82, 2.24) is 4.57 Å². The third kappa shape index (κ3) is 2.82. The Balaban J connectivity index is 2.26. The summed E-state index contributed by atoms with van der Waals surface area (Å²) in [6.07, 6.45) is 1.04. The van der Waals surface area contributed by atoms with Crippen molar-refractivity contribution >= 4 is 38.7 Å². The number of rotatable bonds is 0. The lowest BCUT2D eigenvalue weighted by Gasteiger charge is -2.23. The predicted octanol–water partition coefficient (Wildman–Crippen LogP) is 4.95. The smallest absolute Gasteiger partial charge is 0.419 e. The second-order valence-electron chi connectivity index (χ2n) is 7.10. The minimum absolute atomic E-state index is 0.0147. The van der Waals surface area contributed by atoms with Crippen LogP contribution in [0.15, 0.2) is 22.7 Å². The normalized spacial score (nSPS) is 18.1. The average Bonchev–Trinajstić information content (AvgIpc) is 2.75.